The molecule has 0 aliphatic carbocycles. The second-order valence-electron chi connectivity index (χ2n) is 7.83. The summed E-state index contributed by atoms with van der Waals surface area (Å²) in [5, 5.41) is 8.12. The molecule has 1 aliphatic heterocycles. The number of nitrogens with zero attached hydrogens (tertiary/aromatic N) is 5. The van der Waals surface area contributed by atoms with Crippen molar-refractivity contribution in [2.24, 2.45) is 0 Å². The van der Waals surface area contributed by atoms with Gasteiger partial charge in [-0.1, -0.05) is 48.9 Å². The number of hydrogen-bond acceptors (Lipinski definition) is 7. The lowest BCUT2D eigenvalue weighted by Crippen LogP contribution is -2.32. The van der Waals surface area contributed by atoms with Gasteiger partial charge in [0.05, 0.1) is 10.3 Å². The highest BCUT2D eigenvalue weighted by atomic mass is 35.5. The lowest BCUT2D eigenvalue weighted by atomic mass is 10.1. The zero-order chi connectivity index (χ0) is 22.7. The molecule has 1 aliphatic rings. The molecule has 3 heterocycles. The predicted molar refractivity (Wildman–Crippen MR) is 122 cm³/mol. The predicted octanol–water partition coefficient (Wildman–Crippen LogP) is 3.67. The molecule has 1 saturated heterocycles. The van der Waals surface area contributed by atoms with Gasteiger partial charge < -0.3 is 4.74 Å². The Morgan fingerprint density at radius 2 is 1.75 bits per heavy atom. The standard InChI is InChI=1S/C21H25ClN6O3S/c1-14(19-23-12-17(22)13-24-19)15(2)32(29,30)27-21-26-25-20(16-6-4-3-5-7-16)28(21)18-8-10-31-11-9-18/h3-7,12-15,18H,8-11H2,1-2H3,(H,26,27)/t14-,15-/m0/s1. The van der Waals surface area contributed by atoms with E-state index in [9.17, 15) is 8.42 Å². The van der Waals surface area contributed by atoms with Gasteiger partial charge in [0.1, 0.15) is 5.82 Å². The van der Waals surface area contributed by atoms with Crippen molar-refractivity contribution in [1.82, 2.24) is 24.7 Å². The average Bonchev–Trinajstić information content (AvgIpc) is 3.22. The van der Waals surface area contributed by atoms with Gasteiger partial charge in [0.2, 0.25) is 16.0 Å². The van der Waals surface area contributed by atoms with Crippen LogP contribution in [0.15, 0.2) is 42.7 Å². The molecule has 4 rings (SSSR count). The normalized spacial score (nSPS) is 17.1. The van der Waals surface area contributed by atoms with E-state index in [0.29, 0.717) is 29.9 Å². The van der Waals surface area contributed by atoms with Gasteiger partial charge in [-0.25, -0.2) is 18.4 Å². The fourth-order valence-electron chi connectivity index (χ4n) is 3.69. The van der Waals surface area contributed by atoms with Gasteiger partial charge in [-0.3, -0.25) is 9.29 Å². The number of aromatic nitrogens is 5. The second-order valence-corrected chi connectivity index (χ2v) is 10.3. The van der Waals surface area contributed by atoms with Gasteiger partial charge in [-0.15, -0.1) is 10.2 Å². The molecule has 0 radical (unpaired) electrons. The Morgan fingerprint density at radius 1 is 1.09 bits per heavy atom. The highest BCUT2D eigenvalue weighted by Gasteiger charge is 2.32. The molecule has 1 fully saturated rings. The van der Waals surface area contributed by atoms with Crippen molar-refractivity contribution in [3.8, 4) is 11.4 Å². The van der Waals surface area contributed by atoms with E-state index in [2.05, 4.69) is 24.9 Å². The van der Waals surface area contributed by atoms with Crippen LogP contribution in [0.4, 0.5) is 5.95 Å². The van der Waals surface area contributed by atoms with Gasteiger partial charge >= 0.3 is 0 Å². The first-order valence-corrected chi connectivity index (χ1v) is 12.4. The summed E-state index contributed by atoms with van der Waals surface area (Å²) < 4.78 is 36.6. The first-order valence-electron chi connectivity index (χ1n) is 10.4. The Hall–Kier alpha value is -2.56. The summed E-state index contributed by atoms with van der Waals surface area (Å²) in [7, 11) is -3.82. The third-order valence-corrected chi connectivity index (χ3v) is 7.81. The maximum atomic E-state index is 13.3. The second kappa shape index (κ2) is 9.51. The van der Waals surface area contributed by atoms with Crippen molar-refractivity contribution < 1.29 is 13.2 Å². The zero-order valence-corrected chi connectivity index (χ0v) is 19.4. The Balaban J connectivity index is 1.65. The molecule has 0 bridgehead atoms. The number of hydrogen-bond donors (Lipinski definition) is 1. The Labute approximate surface area is 192 Å². The van der Waals surface area contributed by atoms with Crippen LogP contribution in [-0.2, 0) is 14.8 Å². The molecule has 1 aromatic carbocycles. The van der Waals surface area contributed by atoms with Crippen LogP contribution >= 0.6 is 11.6 Å². The molecule has 0 spiro atoms. The summed E-state index contributed by atoms with van der Waals surface area (Å²) in [5.41, 5.74) is 0.868. The molecular weight excluding hydrogens is 452 g/mol. The highest BCUT2D eigenvalue weighted by Crippen LogP contribution is 2.32. The molecule has 32 heavy (non-hydrogen) atoms. The van der Waals surface area contributed by atoms with Crippen LogP contribution in [0.3, 0.4) is 0 Å². The topological polar surface area (TPSA) is 112 Å². The van der Waals surface area contributed by atoms with Crippen LogP contribution in [0, 0.1) is 0 Å². The number of nitrogens with one attached hydrogen (secondary N) is 1. The summed E-state index contributed by atoms with van der Waals surface area (Å²) in [4.78, 5) is 8.34. The Kier molecular flexibility index (Phi) is 6.73. The van der Waals surface area contributed by atoms with Crippen LogP contribution in [0.1, 0.15) is 44.5 Å². The summed E-state index contributed by atoms with van der Waals surface area (Å²) in [6, 6.07) is 9.64. The lowest BCUT2D eigenvalue weighted by Gasteiger charge is -2.27. The van der Waals surface area contributed by atoms with E-state index < -0.39 is 21.2 Å². The third kappa shape index (κ3) is 4.77. The van der Waals surface area contributed by atoms with Crippen LogP contribution in [-0.4, -0.2) is 51.6 Å². The first-order chi connectivity index (χ1) is 15.4. The average molecular weight is 477 g/mol. The Morgan fingerprint density at radius 3 is 2.41 bits per heavy atom. The number of benzene rings is 1. The summed E-state index contributed by atoms with van der Waals surface area (Å²) in [6.45, 7) is 4.60. The maximum absolute atomic E-state index is 13.3. The quantitative estimate of drug-likeness (QED) is 0.553. The largest absolute Gasteiger partial charge is 0.381 e. The summed E-state index contributed by atoms with van der Waals surface area (Å²) in [6.07, 6.45) is 4.41. The third-order valence-electron chi connectivity index (χ3n) is 5.76. The molecule has 0 unspecified atom stereocenters. The van der Waals surface area contributed by atoms with Crippen LogP contribution < -0.4 is 4.72 Å². The monoisotopic (exact) mass is 476 g/mol. The minimum absolute atomic E-state index is 0.0268. The van der Waals surface area contributed by atoms with E-state index in [1.165, 1.54) is 12.4 Å². The van der Waals surface area contributed by atoms with Gasteiger partial charge in [0.15, 0.2) is 5.82 Å². The molecule has 170 valence electrons. The van der Waals surface area contributed by atoms with E-state index in [-0.39, 0.29) is 12.0 Å². The zero-order valence-electron chi connectivity index (χ0n) is 17.8. The molecular formula is C21H25ClN6O3S. The molecule has 0 amide bonds. The molecule has 11 heteroatoms. The van der Waals surface area contributed by atoms with Crippen molar-refractivity contribution in [2.75, 3.05) is 17.9 Å². The molecule has 2 aromatic heterocycles. The number of anilines is 1. The number of sulfonamides is 1. The number of ether oxygens (including phenoxy) is 1. The fourth-order valence-corrected chi connectivity index (χ4v) is 5.03. The van der Waals surface area contributed by atoms with Crippen molar-refractivity contribution in [3.05, 3.63) is 53.6 Å². The minimum Gasteiger partial charge on any atom is -0.381 e. The van der Waals surface area contributed by atoms with E-state index >= 15 is 0 Å². The van der Waals surface area contributed by atoms with Gasteiger partial charge in [-0.2, -0.15) is 0 Å². The van der Waals surface area contributed by atoms with E-state index in [1.54, 1.807) is 13.8 Å². The van der Waals surface area contributed by atoms with Crippen molar-refractivity contribution >= 4 is 27.6 Å². The maximum Gasteiger partial charge on any atom is 0.238 e. The van der Waals surface area contributed by atoms with E-state index in [4.69, 9.17) is 16.3 Å². The molecule has 3 aromatic rings. The van der Waals surface area contributed by atoms with Crippen LogP contribution in [0.25, 0.3) is 11.4 Å². The molecule has 0 saturated carbocycles. The SMILES string of the molecule is C[C@H](c1ncc(Cl)cn1)[C@H](C)S(=O)(=O)Nc1nnc(-c2ccccc2)n1C1CCOCC1. The van der Waals surface area contributed by atoms with E-state index in [1.807, 2.05) is 34.9 Å². The smallest absolute Gasteiger partial charge is 0.238 e. The van der Waals surface area contributed by atoms with Gasteiger partial charge in [-0.05, 0) is 19.8 Å². The van der Waals surface area contributed by atoms with Gasteiger partial charge in [0, 0.05) is 43.1 Å². The molecule has 1 N–H and O–H groups in total. The lowest BCUT2D eigenvalue weighted by molar-refractivity contribution is 0.0704. The van der Waals surface area contributed by atoms with E-state index in [0.717, 1.165) is 18.4 Å². The summed E-state index contributed by atoms with van der Waals surface area (Å²) in [5.74, 6) is 0.768. The van der Waals surface area contributed by atoms with Gasteiger partial charge in [0.25, 0.3) is 0 Å². The highest BCUT2D eigenvalue weighted by molar-refractivity contribution is 7.93. The van der Waals surface area contributed by atoms with Crippen LogP contribution in [0.5, 0.6) is 0 Å². The fraction of sp³-hybridized carbons (Fsp3) is 0.429. The van der Waals surface area contributed by atoms with Crippen molar-refractivity contribution in [2.45, 2.75) is 43.9 Å². The summed E-state index contributed by atoms with van der Waals surface area (Å²) >= 11 is 5.85. The Bertz CT molecular complexity index is 1150. The number of halogens is 1. The van der Waals surface area contributed by atoms with Crippen LogP contribution in [0.2, 0.25) is 5.02 Å². The first kappa shape index (κ1) is 22.6. The van der Waals surface area contributed by atoms with Crippen molar-refractivity contribution in [3.63, 3.8) is 0 Å². The van der Waals surface area contributed by atoms with Crippen molar-refractivity contribution in [1.29, 1.82) is 0 Å². The minimum atomic E-state index is -3.82. The number of rotatable bonds is 7. The molecule has 2 atom stereocenters. The molecule has 9 nitrogen and oxygen atoms in total.